The van der Waals surface area contributed by atoms with Crippen LogP contribution in [0.3, 0.4) is 0 Å². The van der Waals surface area contributed by atoms with Crippen LogP contribution in [0.5, 0.6) is 0 Å². The second kappa shape index (κ2) is 15.0. The molecule has 7 rings (SSSR count). The molecule has 5 N–H and O–H groups in total. The minimum atomic E-state index is -1.01. The molecule has 0 aromatic heterocycles. The number of fused-ring (bicyclic) bond motifs is 7. The van der Waals surface area contributed by atoms with E-state index in [1.165, 1.54) is 5.57 Å². The van der Waals surface area contributed by atoms with Gasteiger partial charge in [-0.2, -0.15) is 0 Å². The standard InChI is InChI=1S/C37H56N4O7S2/c1-4-21(8-10-42)35(45)48-36(2)9-7-23-19-49-50-20-28-26(16-39-3)18-41(28)32(43)12-25-17-40-31(38)13-27(25)34(23)37(36)15-24-11-22-5-6-33(44)46-29(22)14-30(24)47-37/h4,7,22,24-31,34,39-40,42H,5-6,8-20,38H2,1-3H3/t22?,24?,25?,26-,27?,28+,29?,30?,31?,34+,36+,37+/m1/s1. The molecule has 7 unspecified atom stereocenters. The molecule has 5 aliphatic heterocycles. The van der Waals surface area contributed by atoms with Gasteiger partial charge in [-0.25, -0.2) is 4.79 Å². The number of ether oxygens (including phenoxy) is 3. The summed E-state index contributed by atoms with van der Waals surface area (Å²) in [5.41, 5.74) is 6.58. The summed E-state index contributed by atoms with van der Waals surface area (Å²) in [5.74, 6) is 2.28. The summed E-state index contributed by atoms with van der Waals surface area (Å²) in [6.45, 7) is 6.03. The molecule has 11 nitrogen and oxygen atoms in total. The van der Waals surface area contributed by atoms with Gasteiger partial charge in [0.05, 0.1) is 12.3 Å². The van der Waals surface area contributed by atoms with Crippen molar-refractivity contribution in [3.63, 3.8) is 0 Å². The Bertz CT molecular complexity index is 1380. The number of hydrogen-bond donors (Lipinski definition) is 4. The minimum Gasteiger partial charge on any atom is -0.462 e. The highest BCUT2D eigenvalue weighted by atomic mass is 33.1. The molecule has 1 amide bonds. The van der Waals surface area contributed by atoms with Crippen LogP contribution < -0.4 is 16.4 Å². The van der Waals surface area contributed by atoms with E-state index in [2.05, 4.69) is 21.6 Å². The highest BCUT2D eigenvalue weighted by molar-refractivity contribution is 8.76. The van der Waals surface area contributed by atoms with Crippen molar-refractivity contribution in [3.8, 4) is 0 Å². The topological polar surface area (TPSA) is 152 Å². The number of piperidine rings is 1. The van der Waals surface area contributed by atoms with Crippen LogP contribution in [0.4, 0.5) is 0 Å². The van der Waals surface area contributed by atoms with E-state index < -0.39 is 17.2 Å². The molecule has 5 heterocycles. The van der Waals surface area contributed by atoms with Crippen molar-refractivity contribution in [1.82, 2.24) is 15.5 Å². The van der Waals surface area contributed by atoms with Crippen LogP contribution in [0, 0.1) is 35.5 Å². The molecule has 13 heteroatoms. The number of carbonyl (C=O) groups is 3. The number of nitrogens with one attached hydrogen (secondary N) is 2. The average molecular weight is 733 g/mol. The Labute approximate surface area is 304 Å². The highest BCUT2D eigenvalue weighted by Crippen LogP contribution is 2.62. The lowest BCUT2D eigenvalue weighted by atomic mass is 9.56. The van der Waals surface area contributed by atoms with Crippen LogP contribution >= 0.6 is 21.6 Å². The zero-order valence-electron chi connectivity index (χ0n) is 29.8. The van der Waals surface area contributed by atoms with E-state index in [0.29, 0.717) is 56.1 Å². The molecule has 7 aliphatic rings. The molecule has 1 saturated carbocycles. The van der Waals surface area contributed by atoms with Gasteiger partial charge in [-0.1, -0.05) is 39.3 Å². The van der Waals surface area contributed by atoms with E-state index in [1.54, 1.807) is 13.0 Å². The fourth-order valence-corrected chi connectivity index (χ4v) is 13.2. The normalized spacial score (nSPS) is 43.4. The third kappa shape index (κ3) is 6.71. The zero-order chi connectivity index (χ0) is 35.2. The Kier molecular flexibility index (Phi) is 11.0. The van der Waals surface area contributed by atoms with Crippen molar-refractivity contribution in [1.29, 1.82) is 0 Å². The first-order chi connectivity index (χ1) is 24.1. The molecule has 0 aromatic rings. The van der Waals surface area contributed by atoms with Gasteiger partial charge in [0.25, 0.3) is 0 Å². The maximum Gasteiger partial charge on any atom is 0.334 e. The first-order valence-electron chi connectivity index (χ1n) is 18.8. The number of carbonyl (C=O) groups excluding carboxylic acids is 3. The molecule has 0 bridgehead atoms. The van der Waals surface area contributed by atoms with Crippen LogP contribution in [-0.2, 0) is 28.6 Å². The Morgan fingerprint density at radius 2 is 2.06 bits per heavy atom. The lowest BCUT2D eigenvalue weighted by Crippen LogP contribution is -2.66. The number of aliphatic hydroxyl groups is 1. The van der Waals surface area contributed by atoms with Gasteiger partial charge < -0.3 is 40.6 Å². The first kappa shape index (κ1) is 36.7. The van der Waals surface area contributed by atoms with Gasteiger partial charge >= 0.3 is 11.9 Å². The Balaban J connectivity index is 1.28. The Morgan fingerprint density at radius 1 is 1.22 bits per heavy atom. The second-order valence-corrected chi connectivity index (χ2v) is 18.5. The fourth-order valence-electron chi connectivity index (χ4n) is 10.6. The van der Waals surface area contributed by atoms with Gasteiger partial charge in [-0.3, -0.25) is 9.59 Å². The smallest absolute Gasteiger partial charge is 0.334 e. The fraction of sp³-hybridized carbons (Fsp3) is 0.811. The summed E-state index contributed by atoms with van der Waals surface area (Å²) in [7, 11) is 5.68. The van der Waals surface area contributed by atoms with Crippen LogP contribution in [0.2, 0.25) is 0 Å². The van der Waals surface area contributed by atoms with E-state index in [0.717, 1.165) is 43.9 Å². The van der Waals surface area contributed by atoms with Gasteiger partial charge in [0.15, 0.2) is 0 Å². The lowest BCUT2D eigenvalue weighted by Gasteiger charge is -2.57. The average Bonchev–Trinajstić information content (AvgIpc) is 3.45. The van der Waals surface area contributed by atoms with Crippen LogP contribution in [0.15, 0.2) is 23.3 Å². The van der Waals surface area contributed by atoms with Crippen molar-refractivity contribution < 1.29 is 33.7 Å². The predicted octanol–water partition coefficient (Wildman–Crippen LogP) is 3.16. The number of esters is 2. The Morgan fingerprint density at radius 3 is 2.84 bits per heavy atom. The van der Waals surface area contributed by atoms with Gasteiger partial charge in [-0.15, -0.1) is 0 Å². The summed E-state index contributed by atoms with van der Waals surface area (Å²) in [6, 6.07) is 0.230. The minimum absolute atomic E-state index is 0.0246. The maximum atomic E-state index is 14.1. The molecule has 5 saturated heterocycles. The van der Waals surface area contributed by atoms with Crippen molar-refractivity contribution in [2.45, 2.75) is 107 Å². The molecule has 0 aromatic carbocycles. The van der Waals surface area contributed by atoms with E-state index in [1.807, 2.05) is 35.6 Å². The summed E-state index contributed by atoms with van der Waals surface area (Å²) in [6.07, 6.45) is 8.93. The summed E-state index contributed by atoms with van der Waals surface area (Å²) in [5, 5.41) is 16.6. The van der Waals surface area contributed by atoms with E-state index in [-0.39, 0.29) is 73.0 Å². The third-order valence-electron chi connectivity index (χ3n) is 13.3. The van der Waals surface area contributed by atoms with Gasteiger partial charge in [-0.05, 0) is 70.3 Å². The molecule has 278 valence electrons. The van der Waals surface area contributed by atoms with E-state index >= 15 is 0 Å². The molecule has 6 fully saturated rings. The molecule has 1 spiro atoms. The molecule has 2 aliphatic carbocycles. The van der Waals surface area contributed by atoms with E-state index in [9.17, 15) is 19.5 Å². The SMILES string of the molecule is CC=C(CCO)C(=O)O[C@@]1(C)CC=C2CSSC[C@H]3[C@H](CNC)CN3C(=O)CC3CNC(N)CC3[C@H]2[C@@]12CC1CC3CCC(=O)OC3CC1O2. The van der Waals surface area contributed by atoms with Crippen molar-refractivity contribution in [3.05, 3.63) is 23.3 Å². The van der Waals surface area contributed by atoms with Crippen molar-refractivity contribution in [2.75, 3.05) is 44.8 Å². The number of hydrogen-bond acceptors (Lipinski definition) is 12. The predicted molar refractivity (Wildman–Crippen MR) is 194 cm³/mol. The monoisotopic (exact) mass is 732 g/mol. The number of aliphatic hydroxyl groups excluding tert-OH is 1. The Hall–Kier alpha value is -1.61. The maximum absolute atomic E-state index is 14.1. The number of nitrogens with zero attached hydrogens (tertiary/aromatic N) is 1. The van der Waals surface area contributed by atoms with Gasteiger partial charge in [0, 0.05) is 93.3 Å². The number of nitrogens with two attached hydrogens (primary N) is 1. The van der Waals surface area contributed by atoms with Crippen LogP contribution in [-0.4, -0.2) is 108 Å². The number of rotatable bonds is 6. The summed E-state index contributed by atoms with van der Waals surface area (Å²) >= 11 is 0. The summed E-state index contributed by atoms with van der Waals surface area (Å²) < 4.78 is 20.1. The van der Waals surface area contributed by atoms with Crippen molar-refractivity contribution >= 4 is 39.4 Å². The molecule has 0 radical (unpaired) electrons. The molecular formula is C37H56N4O7S2. The van der Waals surface area contributed by atoms with Crippen molar-refractivity contribution in [2.24, 2.45) is 41.2 Å². The molecule has 50 heavy (non-hydrogen) atoms. The van der Waals surface area contributed by atoms with Gasteiger partial charge in [0.1, 0.15) is 17.3 Å². The quantitative estimate of drug-likeness (QED) is 0.137. The highest BCUT2D eigenvalue weighted by Gasteiger charge is 2.68. The van der Waals surface area contributed by atoms with Gasteiger partial charge in [0.2, 0.25) is 5.91 Å². The summed E-state index contributed by atoms with van der Waals surface area (Å²) in [4.78, 5) is 42.5. The number of allylic oxidation sites excluding steroid dienone is 1. The first-order valence-corrected chi connectivity index (χ1v) is 21.3. The number of amides is 1. The zero-order valence-corrected chi connectivity index (χ0v) is 31.4. The van der Waals surface area contributed by atoms with Crippen LogP contribution in [0.25, 0.3) is 0 Å². The van der Waals surface area contributed by atoms with E-state index in [4.69, 9.17) is 19.9 Å². The molecule has 12 atom stereocenters. The second-order valence-electron chi connectivity index (χ2n) is 16.0. The third-order valence-corrected chi connectivity index (χ3v) is 15.6. The largest absolute Gasteiger partial charge is 0.462 e. The molecular weight excluding hydrogens is 677 g/mol. The lowest BCUT2D eigenvalue weighted by molar-refractivity contribution is -0.229. The van der Waals surface area contributed by atoms with Crippen LogP contribution in [0.1, 0.15) is 71.6 Å².